The number of ether oxygens (including phenoxy) is 1. The van der Waals surface area contributed by atoms with E-state index < -0.39 is 6.23 Å². The zero-order valence-electron chi connectivity index (χ0n) is 31.5. The number of nitrogens with one attached hydrogen (secondary N) is 3. The summed E-state index contributed by atoms with van der Waals surface area (Å²) in [5.41, 5.74) is 4.87. The van der Waals surface area contributed by atoms with Crippen LogP contribution < -0.4 is 20.7 Å². The summed E-state index contributed by atoms with van der Waals surface area (Å²) >= 11 is 0. The van der Waals surface area contributed by atoms with E-state index in [1.54, 1.807) is 88.8 Å². The first-order valence-corrected chi connectivity index (χ1v) is 18.1. The third-order valence-corrected chi connectivity index (χ3v) is 9.57. The Bertz CT molecular complexity index is 2160. The van der Waals surface area contributed by atoms with Gasteiger partial charge < -0.3 is 44.2 Å². The fourth-order valence-electron chi connectivity index (χ4n) is 6.78. The second-order valence-corrected chi connectivity index (χ2v) is 14.0. The second-order valence-electron chi connectivity index (χ2n) is 14.0. The van der Waals surface area contributed by atoms with Crippen molar-refractivity contribution < 1.29 is 34.1 Å². The molecule has 3 aromatic heterocycles. The Morgan fingerprint density at radius 1 is 1.04 bits per heavy atom. The maximum Gasteiger partial charge on any atom is 0.272 e. The molecule has 290 valence electrons. The monoisotopic (exact) mass is 753 g/mol. The molecule has 4 aromatic rings. The second kappa shape index (κ2) is 16.7. The number of aliphatic hydroxyl groups is 2. The van der Waals surface area contributed by atoms with Gasteiger partial charge in [-0.25, -0.2) is 4.98 Å². The Morgan fingerprint density at radius 2 is 1.84 bits per heavy atom. The van der Waals surface area contributed by atoms with Gasteiger partial charge in [0.15, 0.2) is 11.6 Å². The zero-order chi connectivity index (χ0) is 39.4. The van der Waals surface area contributed by atoms with Gasteiger partial charge in [0, 0.05) is 84.6 Å². The average Bonchev–Trinajstić information content (AvgIpc) is 3.89. The summed E-state index contributed by atoms with van der Waals surface area (Å²) in [5, 5.41) is 27.9. The van der Waals surface area contributed by atoms with Crippen LogP contribution >= 0.6 is 0 Å². The number of amides is 3. The smallest absolute Gasteiger partial charge is 0.272 e. The quantitative estimate of drug-likeness (QED) is 0.0493. The molecule has 0 bridgehead atoms. The van der Waals surface area contributed by atoms with Crippen molar-refractivity contribution in [3.05, 3.63) is 88.9 Å². The molecule has 2 aliphatic heterocycles. The van der Waals surface area contributed by atoms with Gasteiger partial charge in [-0.3, -0.25) is 29.5 Å². The van der Waals surface area contributed by atoms with Crippen molar-refractivity contribution in [1.29, 1.82) is 0 Å². The summed E-state index contributed by atoms with van der Waals surface area (Å²) in [6, 6.07) is 6.77. The van der Waals surface area contributed by atoms with Crippen LogP contribution in [0.25, 0.3) is 0 Å². The molecule has 0 aliphatic carbocycles. The molecule has 16 nitrogen and oxygen atoms in total. The van der Waals surface area contributed by atoms with Crippen LogP contribution in [0.15, 0.2) is 60.0 Å². The van der Waals surface area contributed by atoms with Gasteiger partial charge in [0.25, 0.3) is 11.8 Å². The topological polar surface area (TPSA) is 197 Å². The number of hydrogen-bond acceptors (Lipinski definition) is 10. The van der Waals surface area contributed by atoms with E-state index in [1.165, 1.54) is 0 Å². The number of ketones is 1. The molecule has 1 saturated heterocycles. The summed E-state index contributed by atoms with van der Waals surface area (Å²) < 4.78 is 10.9. The normalized spacial score (nSPS) is 15.5. The van der Waals surface area contributed by atoms with Gasteiger partial charge in [-0.2, -0.15) is 0 Å². The lowest BCUT2D eigenvalue weighted by molar-refractivity contribution is -0.116. The number of imidazole rings is 1. The minimum Gasteiger partial charge on any atom is -0.493 e. The predicted molar refractivity (Wildman–Crippen MR) is 206 cm³/mol. The molecule has 0 saturated carbocycles. The molecule has 55 heavy (non-hydrogen) atoms. The molecule has 0 spiro atoms. The number of aliphatic imine (C=N–C) groups is 1. The van der Waals surface area contributed by atoms with Crippen LogP contribution in [0.3, 0.4) is 0 Å². The van der Waals surface area contributed by atoms with E-state index in [0.29, 0.717) is 72.0 Å². The van der Waals surface area contributed by atoms with Crippen molar-refractivity contribution in [2.24, 2.45) is 26.1 Å². The number of rotatable bonds is 16. The van der Waals surface area contributed by atoms with Crippen LogP contribution in [0.5, 0.6) is 5.75 Å². The van der Waals surface area contributed by atoms with Crippen LogP contribution in [-0.2, 0) is 32.4 Å². The molecule has 2 aliphatic rings. The Hall–Kier alpha value is -5.84. The van der Waals surface area contributed by atoms with Gasteiger partial charge in [0.1, 0.15) is 17.7 Å². The highest BCUT2D eigenvalue weighted by Crippen LogP contribution is 2.35. The number of aromatic nitrogens is 4. The van der Waals surface area contributed by atoms with Crippen molar-refractivity contribution >= 4 is 46.9 Å². The average molecular weight is 754 g/mol. The van der Waals surface area contributed by atoms with Crippen LogP contribution in [-0.4, -0.2) is 95.9 Å². The van der Waals surface area contributed by atoms with E-state index in [0.717, 1.165) is 11.1 Å². The minimum atomic E-state index is -0.970. The van der Waals surface area contributed by atoms with Crippen LogP contribution in [0, 0.1) is 6.92 Å². The number of carbonyl (C=O) groups excluding carboxylic acids is 4. The van der Waals surface area contributed by atoms with Crippen LogP contribution in [0.1, 0.15) is 80.2 Å². The number of Topliss-reactive ketones (excluding diaryl/α,β-unsaturated/α-hetero) is 1. The lowest BCUT2D eigenvalue weighted by atomic mass is 10.1. The Kier molecular flexibility index (Phi) is 11.8. The van der Waals surface area contributed by atoms with E-state index in [4.69, 9.17) is 9.84 Å². The number of benzene rings is 1. The molecule has 5 heterocycles. The van der Waals surface area contributed by atoms with Gasteiger partial charge in [-0.1, -0.05) is 12.2 Å². The number of carbonyl (C=O) groups is 4. The highest BCUT2D eigenvalue weighted by Gasteiger charge is 2.34. The fraction of sp³-hybridized carbons (Fsp3) is 0.385. The van der Waals surface area contributed by atoms with E-state index in [-0.39, 0.29) is 67.2 Å². The molecule has 6 rings (SSSR count). The van der Waals surface area contributed by atoms with Crippen molar-refractivity contribution in [1.82, 2.24) is 28.9 Å². The largest absolute Gasteiger partial charge is 0.493 e. The highest BCUT2D eigenvalue weighted by molar-refractivity contribution is 6.04. The molecule has 5 N–H and O–H groups in total. The Morgan fingerprint density at radius 3 is 2.62 bits per heavy atom. The van der Waals surface area contributed by atoms with E-state index in [1.807, 2.05) is 6.92 Å². The number of aryl methyl sites for hydroxylation is 4. The molecule has 3 amide bonds. The van der Waals surface area contributed by atoms with Crippen molar-refractivity contribution in [2.75, 3.05) is 36.9 Å². The molecule has 16 heteroatoms. The minimum absolute atomic E-state index is 0.00989. The van der Waals surface area contributed by atoms with Crippen LogP contribution in [0.2, 0.25) is 0 Å². The number of anilines is 2. The summed E-state index contributed by atoms with van der Waals surface area (Å²) in [6.45, 7) is 7.12. The maximum atomic E-state index is 13.3. The molecule has 1 aromatic carbocycles. The summed E-state index contributed by atoms with van der Waals surface area (Å²) in [7, 11) is 5.13. The number of aliphatic hydroxyl groups excluding tert-OH is 2. The molecule has 0 radical (unpaired) electrons. The fourth-order valence-corrected chi connectivity index (χ4v) is 6.78. The van der Waals surface area contributed by atoms with Gasteiger partial charge in [0.05, 0.1) is 35.3 Å². The Balaban J connectivity index is 0.981. The third-order valence-electron chi connectivity index (χ3n) is 9.57. The van der Waals surface area contributed by atoms with Gasteiger partial charge in [0.2, 0.25) is 11.7 Å². The Labute approximate surface area is 318 Å². The lowest BCUT2D eigenvalue weighted by Gasteiger charge is -2.20. The molecular formula is C39H47N9O7. The lowest BCUT2D eigenvalue weighted by Crippen LogP contribution is -2.35. The van der Waals surface area contributed by atoms with Crippen molar-refractivity contribution in [2.45, 2.75) is 51.3 Å². The van der Waals surface area contributed by atoms with Gasteiger partial charge >= 0.3 is 0 Å². The van der Waals surface area contributed by atoms with E-state index >= 15 is 0 Å². The van der Waals surface area contributed by atoms with Gasteiger partial charge in [-0.15, -0.1) is 0 Å². The maximum absolute atomic E-state index is 13.3. The van der Waals surface area contributed by atoms with Crippen molar-refractivity contribution in [3.63, 3.8) is 0 Å². The van der Waals surface area contributed by atoms with E-state index in [9.17, 15) is 24.3 Å². The van der Waals surface area contributed by atoms with Crippen LogP contribution in [0.4, 0.5) is 17.2 Å². The first-order chi connectivity index (χ1) is 26.3. The first-order valence-electron chi connectivity index (χ1n) is 18.1. The highest BCUT2D eigenvalue weighted by atomic mass is 16.5. The molecule has 1 unspecified atom stereocenters. The van der Waals surface area contributed by atoms with Crippen molar-refractivity contribution in [3.8, 4) is 5.75 Å². The number of nitrogens with zero attached hydrogens (tertiary/aromatic N) is 6. The number of fused-ring (bicyclic) bond motifs is 2. The van der Waals surface area contributed by atoms with Gasteiger partial charge in [-0.05, 0) is 55.5 Å². The summed E-state index contributed by atoms with van der Waals surface area (Å²) in [6.07, 6.45) is 7.53. The molecule has 1 fully saturated rings. The zero-order valence-corrected chi connectivity index (χ0v) is 31.5. The summed E-state index contributed by atoms with van der Waals surface area (Å²) in [5.74, 6) is -0.0423. The number of hydrogen-bond donors (Lipinski definition) is 5. The summed E-state index contributed by atoms with van der Waals surface area (Å²) in [4.78, 5) is 63.1. The first kappa shape index (κ1) is 38.9. The molecular weight excluding hydrogens is 706 g/mol. The third kappa shape index (κ3) is 8.94. The SMILES string of the molecule is C=C1C[C@@H]2C=Nc3cc(OCCCC(=O)Nc4cn(C)c(C(=O)Cc5cc(C(=O)Nc6cc(C(O)NCCCO)n(C)c6)n(C)c5)n4)c(C)cc3C(=O)N2C1. The predicted octanol–water partition coefficient (Wildman–Crippen LogP) is 3.33. The standard InChI is InChI=1S/C39H47N9O7/c1-23-12-27-18-41-29-17-33(24(2)13-28(29)39(54)48(27)19-23)55-11-6-8-35(51)43-34-22-47(5)36(44-34)32(50)15-25-14-30(45(3)20-25)38(53)42-26-16-31(46(4)21-26)37(52)40-9-7-10-49/h13-14,16-18,20-22,27,37,40,49,52H,1,6-12,15,19H2,2-5H3,(H,42,53)(H,43,51)/t27-,37?/m1/s1. The van der Waals surface area contributed by atoms with E-state index in [2.05, 4.69) is 32.5 Å². The molecule has 2 atom stereocenters.